The summed E-state index contributed by atoms with van der Waals surface area (Å²) in [7, 11) is 1.70. The van der Waals surface area contributed by atoms with Crippen LogP contribution in [0.3, 0.4) is 0 Å². The highest BCUT2D eigenvalue weighted by Gasteiger charge is 2.04. The number of rotatable bonds is 5. The summed E-state index contributed by atoms with van der Waals surface area (Å²) >= 11 is 0. The van der Waals surface area contributed by atoms with E-state index in [0.717, 1.165) is 5.75 Å². The van der Waals surface area contributed by atoms with Crippen molar-refractivity contribution in [2.75, 3.05) is 7.11 Å². The van der Waals surface area contributed by atoms with Crippen LogP contribution in [0.4, 0.5) is 0 Å². The van der Waals surface area contributed by atoms with E-state index in [0.29, 0.717) is 5.92 Å². The fourth-order valence-corrected chi connectivity index (χ4v) is 1.61. The van der Waals surface area contributed by atoms with E-state index < -0.39 is 0 Å². The van der Waals surface area contributed by atoms with Gasteiger partial charge < -0.3 is 4.74 Å². The van der Waals surface area contributed by atoms with E-state index in [4.69, 9.17) is 4.74 Å². The second kappa shape index (κ2) is 9.26. The van der Waals surface area contributed by atoms with E-state index in [-0.39, 0.29) is 0 Å². The van der Waals surface area contributed by atoms with Crippen LogP contribution >= 0.6 is 0 Å². The molecule has 0 aliphatic heterocycles. The molecule has 16 heavy (non-hydrogen) atoms. The molecule has 1 aromatic carbocycles. The van der Waals surface area contributed by atoms with Gasteiger partial charge in [0.25, 0.3) is 0 Å². The Morgan fingerprint density at radius 3 is 2.12 bits per heavy atom. The van der Waals surface area contributed by atoms with E-state index in [2.05, 4.69) is 26.0 Å². The maximum atomic E-state index is 5.13. The molecule has 0 N–H and O–H groups in total. The van der Waals surface area contributed by atoms with Crippen LogP contribution in [0.15, 0.2) is 24.3 Å². The number of unbranched alkanes of at least 4 members (excludes halogenated alkanes) is 1. The van der Waals surface area contributed by atoms with Crippen LogP contribution in [-0.2, 0) is 0 Å². The number of methoxy groups -OCH3 is 1. The van der Waals surface area contributed by atoms with Crippen molar-refractivity contribution in [2.45, 2.75) is 52.9 Å². The van der Waals surface area contributed by atoms with E-state index in [1.807, 2.05) is 26.0 Å². The third-order valence-corrected chi connectivity index (χ3v) is 2.68. The second-order valence-corrected chi connectivity index (χ2v) is 3.82. The minimum Gasteiger partial charge on any atom is -0.497 e. The van der Waals surface area contributed by atoms with Crippen molar-refractivity contribution in [2.24, 2.45) is 0 Å². The van der Waals surface area contributed by atoms with Crippen molar-refractivity contribution in [3.8, 4) is 5.75 Å². The topological polar surface area (TPSA) is 9.23 Å². The van der Waals surface area contributed by atoms with Gasteiger partial charge >= 0.3 is 0 Å². The van der Waals surface area contributed by atoms with Crippen molar-refractivity contribution >= 4 is 0 Å². The van der Waals surface area contributed by atoms with Gasteiger partial charge in [-0.25, -0.2) is 0 Å². The normalized spacial score (nSPS) is 11.3. The molecule has 0 aromatic heterocycles. The van der Waals surface area contributed by atoms with Gasteiger partial charge in [0.1, 0.15) is 5.75 Å². The van der Waals surface area contributed by atoms with Crippen molar-refractivity contribution in [1.29, 1.82) is 0 Å². The number of ether oxygens (including phenoxy) is 1. The molecule has 1 atom stereocenters. The minimum atomic E-state index is 0.667. The third-order valence-electron chi connectivity index (χ3n) is 2.68. The Morgan fingerprint density at radius 2 is 1.69 bits per heavy atom. The molecule has 0 fully saturated rings. The van der Waals surface area contributed by atoms with Gasteiger partial charge in [-0.2, -0.15) is 0 Å². The zero-order valence-corrected chi connectivity index (χ0v) is 11.4. The van der Waals surface area contributed by atoms with Crippen LogP contribution in [0, 0.1) is 0 Å². The summed E-state index contributed by atoms with van der Waals surface area (Å²) in [6.07, 6.45) is 3.87. The molecule has 0 bridgehead atoms. The Morgan fingerprint density at radius 1 is 1.12 bits per heavy atom. The molecule has 0 radical (unpaired) electrons. The number of hydrogen-bond acceptors (Lipinski definition) is 1. The zero-order valence-electron chi connectivity index (χ0n) is 11.4. The molecule has 0 heterocycles. The van der Waals surface area contributed by atoms with Gasteiger partial charge in [-0.3, -0.25) is 0 Å². The van der Waals surface area contributed by atoms with Crippen molar-refractivity contribution in [3.05, 3.63) is 29.8 Å². The predicted molar refractivity (Wildman–Crippen MR) is 72.3 cm³/mol. The van der Waals surface area contributed by atoms with Gasteiger partial charge in [-0.1, -0.05) is 52.7 Å². The maximum absolute atomic E-state index is 5.13. The summed E-state index contributed by atoms with van der Waals surface area (Å²) in [5.41, 5.74) is 1.42. The van der Waals surface area contributed by atoms with Gasteiger partial charge in [0.15, 0.2) is 0 Å². The molecular weight excluding hydrogens is 196 g/mol. The average Bonchev–Trinajstić information content (AvgIpc) is 2.38. The van der Waals surface area contributed by atoms with Crippen LogP contribution in [0.25, 0.3) is 0 Å². The van der Waals surface area contributed by atoms with E-state index in [1.165, 1.54) is 24.8 Å². The number of benzene rings is 1. The van der Waals surface area contributed by atoms with Gasteiger partial charge in [0.2, 0.25) is 0 Å². The van der Waals surface area contributed by atoms with Gasteiger partial charge in [-0.15, -0.1) is 0 Å². The van der Waals surface area contributed by atoms with E-state index in [1.54, 1.807) is 7.11 Å². The highest BCUT2D eigenvalue weighted by molar-refractivity contribution is 5.28. The van der Waals surface area contributed by atoms with E-state index in [9.17, 15) is 0 Å². The highest BCUT2D eigenvalue weighted by atomic mass is 16.5. The monoisotopic (exact) mass is 222 g/mol. The molecule has 1 aromatic rings. The SMILES string of the molecule is CC.CCCCC(C)c1ccc(OC)cc1. The Balaban J connectivity index is 0.00000106. The van der Waals surface area contributed by atoms with Crippen LogP contribution in [-0.4, -0.2) is 7.11 Å². The fourth-order valence-electron chi connectivity index (χ4n) is 1.61. The maximum Gasteiger partial charge on any atom is 0.118 e. The molecule has 0 saturated heterocycles. The average molecular weight is 222 g/mol. The Kier molecular flexibility index (Phi) is 8.69. The molecule has 1 rings (SSSR count). The smallest absolute Gasteiger partial charge is 0.118 e. The lowest BCUT2D eigenvalue weighted by Gasteiger charge is -2.11. The first-order chi connectivity index (χ1) is 7.77. The molecule has 0 spiro atoms. The Labute approximate surface area is 101 Å². The van der Waals surface area contributed by atoms with Gasteiger partial charge in [0.05, 0.1) is 7.11 Å². The molecule has 92 valence electrons. The Bertz CT molecular complexity index is 251. The van der Waals surface area contributed by atoms with Crippen molar-refractivity contribution in [3.63, 3.8) is 0 Å². The summed E-state index contributed by atoms with van der Waals surface area (Å²) in [6.45, 7) is 8.53. The van der Waals surface area contributed by atoms with Gasteiger partial charge in [0, 0.05) is 0 Å². The van der Waals surface area contributed by atoms with E-state index >= 15 is 0 Å². The lowest BCUT2D eigenvalue weighted by molar-refractivity contribution is 0.414. The molecular formula is C15H26O. The first-order valence-corrected chi connectivity index (χ1v) is 6.42. The zero-order chi connectivity index (χ0) is 12.4. The van der Waals surface area contributed by atoms with Gasteiger partial charge in [-0.05, 0) is 30.0 Å². The molecule has 0 amide bonds. The summed E-state index contributed by atoms with van der Waals surface area (Å²) in [6, 6.07) is 8.41. The quantitative estimate of drug-likeness (QED) is 0.680. The lowest BCUT2D eigenvalue weighted by atomic mass is 9.96. The summed E-state index contributed by atoms with van der Waals surface area (Å²) in [5, 5.41) is 0. The first kappa shape index (κ1) is 15.0. The lowest BCUT2D eigenvalue weighted by Crippen LogP contribution is -1.93. The molecule has 1 unspecified atom stereocenters. The Hall–Kier alpha value is -0.980. The largest absolute Gasteiger partial charge is 0.497 e. The molecule has 1 nitrogen and oxygen atoms in total. The van der Waals surface area contributed by atoms with Crippen LogP contribution in [0.2, 0.25) is 0 Å². The van der Waals surface area contributed by atoms with Crippen LogP contribution < -0.4 is 4.74 Å². The van der Waals surface area contributed by atoms with Crippen LogP contribution in [0.5, 0.6) is 5.75 Å². The highest BCUT2D eigenvalue weighted by Crippen LogP contribution is 2.23. The molecule has 0 aliphatic carbocycles. The summed E-state index contributed by atoms with van der Waals surface area (Å²) in [5.74, 6) is 1.61. The molecule has 0 saturated carbocycles. The number of hydrogen-bond donors (Lipinski definition) is 0. The fraction of sp³-hybridized carbons (Fsp3) is 0.600. The molecule has 1 heteroatoms. The summed E-state index contributed by atoms with van der Waals surface area (Å²) in [4.78, 5) is 0. The third kappa shape index (κ3) is 5.20. The van der Waals surface area contributed by atoms with Crippen LogP contribution in [0.1, 0.15) is 58.4 Å². The minimum absolute atomic E-state index is 0.667. The van der Waals surface area contributed by atoms with Crippen molar-refractivity contribution in [1.82, 2.24) is 0 Å². The first-order valence-electron chi connectivity index (χ1n) is 6.42. The molecule has 0 aliphatic rings. The second-order valence-electron chi connectivity index (χ2n) is 3.82. The van der Waals surface area contributed by atoms with Crippen molar-refractivity contribution < 1.29 is 4.74 Å². The summed E-state index contributed by atoms with van der Waals surface area (Å²) < 4.78 is 5.13. The predicted octanol–water partition coefficient (Wildman–Crippen LogP) is 5.02. The standard InChI is InChI=1S/C13H20O.C2H6/c1-4-5-6-11(2)12-7-9-13(14-3)10-8-12;1-2/h7-11H,4-6H2,1-3H3;1-2H3.